The number of ether oxygens (including phenoxy) is 1. The number of esters is 1. The first-order valence-electron chi connectivity index (χ1n) is 4.23. The SMILES string of the molecule is CCOC(=O)/C=C(\C)c1ccc[nH]1. The maximum absolute atomic E-state index is 11.0. The van der Waals surface area contributed by atoms with Crippen LogP contribution in [0.25, 0.3) is 5.57 Å². The number of allylic oxidation sites excluding steroid dienone is 1. The minimum absolute atomic E-state index is 0.297. The number of H-pyrrole nitrogens is 1. The van der Waals surface area contributed by atoms with E-state index in [9.17, 15) is 4.79 Å². The van der Waals surface area contributed by atoms with Crippen molar-refractivity contribution in [2.75, 3.05) is 6.61 Å². The van der Waals surface area contributed by atoms with Crippen LogP contribution in [0.2, 0.25) is 0 Å². The Kier molecular flexibility index (Phi) is 3.31. The van der Waals surface area contributed by atoms with Gasteiger partial charge in [0.2, 0.25) is 0 Å². The molecule has 0 aliphatic heterocycles. The Morgan fingerprint density at radius 1 is 1.69 bits per heavy atom. The molecular weight excluding hydrogens is 166 g/mol. The molecule has 70 valence electrons. The van der Waals surface area contributed by atoms with E-state index in [0.29, 0.717) is 6.61 Å². The summed E-state index contributed by atoms with van der Waals surface area (Å²) in [6.45, 7) is 4.06. The van der Waals surface area contributed by atoms with E-state index in [-0.39, 0.29) is 5.97 Å². The second-order valence-corrected chi connectivity index (χ2v) is 2.66. The molecule has 0 aromatic carbocycles. The molecule has 0 aliphatic rings. The maximum atomic E-state index is 11.0. The van der Waals surface area contributed by atoms with E-state index in [0.717, 1.165) is 11.3 Å². The van der Waals surface area contributed by atoms with Crippen molar-refractivity contribution < 1.29 is 9.53 Å². The first-order chi connectivity index (χ1) is 6.24. The van der Waals surface area contributed by atoms with E-state index in [1.165, 1.54) is 6.08 Å². The van der Waals surface area contributed by atoms with E-state index < -0.39 is 0 Å². The number of carbonyl (C=O) groups excluding carboxylic acids is 1. The van der Waals surface area contributed by atoms with E-state index >= 15 is 0 Å². The number of aromatic amines is 1. The largest absolute Gasteiger partial charge is 0.463 e. The van der Waals surface area contributed by atoms with Crippen molar-refractivity contribution in [3.63, 3.8) is 0 Å². The average Bonchev–Trinajstić information content (AvgIpc) is 2.55. The molecule has 0 saturated carbocycles. The monoisotopic (exact) mass is 179 g/mol. The second kappa shape index (κ2) is 4.50. The lowest BCUT2D eigenvalue weighted by atomic mass is 10.2. The fourth-order valence-electron chi connectivity index (χ4n) is 1.01. The van der Waals surface area contributed by atoms with Crippen molar-refractivity contribution in [2.45, 2.75) is 13.8 Å². The van der Waals surface area contributed by atoms with Crippen LogP contribution >= 0.6 is 0 Å². The number of carbonyl (C=O) groups is 1. The summed E-state index contributed by atoms with van der Waals surface area (Å²) < 4.78 is 4.78. The fraction of sp³-hybridized carbons (Fsp3) is 0.300. The van der Waals surface area contributed by atoms with E-state index in [1.54, 1.807) is 6.92 Å². The predicted molar refractivity (Wildman–Crippen MR) is 51.1 cm³/mol. The van der Waals surface area contributed by atoms with Crippen LogP contribution in [0.15, 0.2) is 24.4 Å². The Morgan fingerprint density at radius 2 is 2.46 bits per heavy atom. The zero-order valence-electron chi connectivity index (χ0n) is 7.83. The Balaban J connectivity index is 2.67. The third kappa shape index (κ3) is 2.78. The molecule has 1 heterocycles. The van der Waals surface area contributed by atoms with Gasteiger partial charge in [0.05, 0.1) is 6.61 Å². The van der Waals surface area contributed by atoms with Crippen LogP contribution in [0.1, 0.15) is 19.5 Å². The summed E-state index contributed by atoms with van der Waals surface area (Å²) in [5, 5.41) is 0. The van der Waals surface area contributed by atoms with Crippen LogP contribution in [-0.2, 0) is 9.53 Å². The van der Waals surface area contributed by atoms with Gasteiger partial charge >= 0.3 is 5.97 Å². The highest BCUT2D eigenvalue weighted by molar-refractivity contribution is 5.90. The van der Waals surface area contributed by atoms with Gasteiger partial charge in [0.25, 0.3) is 0 Å². The number of hydrogen-bond acceptors (Lipinski definition) is 2. The Hall–Kier alpha value is -1.51. The summed E-state index contributed by atoms with van der Waals surface area (Å²) in [6.07, 6.45) is 3.30. The van der Waals surface area contributed by atoms with Gasteiger partial charge in [0, 0.05) is 18.0 Å². The summed E-state index contributed by atoms with van der Waals surface area (Å²) in [5.41, 5.74) is 1.82. The molecule has 1 aromatic rings. The minimum Gasteiger partial charge on any atom is -0.463 e. The number of rotatable bonds is 3. The third-order valence-electron chi connectivity index (χ3n) is 1.64. The second-order valence-electron chi connectivity index (χ2n) is 2.66. The average molecular weight is 179 g/mol. The molecule has 0 spiro atoms. The van der Waals surface area contributed by atoms with Gasteiger partial charge in [0.15, 0.2) is 0 Å². The van der Waals surface area contributed by atoms with Crippen molar-refractivity contribution in [1.82, 2.24) is 4.98 Å². The summed E-state index contributed by atoms with van der Waals surface area (Å²) >= 11 is 0. The highest BCUT2D eigenvalue weighted by Crippen LogP contribution is 2.09. The zero-order chi connectivity index (χ0) is 9.68. The van der Waals surface area contributed by atoms with Crippen molar-refractivity contribution >= 4 is 11.5 Å². The Labute approximate surface area is 77.4 Å². The van der Waals surface area contributed by atoms with Crippen LogP contribution in [0.4, 0.5) is 0 Å². The predicted octanol–water partition coefficient (Wildman–Crippen LogP) is 1.98. The van der Waals surface area contributed by atoms with Gasteiger partial charge in [-0.15, -0.1) is 0 Å². The fourth-order valence-corrected chi connectivity index (χ4v) is 1.01. The minimum atomic E-state index is -0.297. The van der Waals surface area contributed by atoms with Gasteiger partial charge in [-0.05, 0) is 31.6 Å². The van der Waals surface area contributed by atoms with Crippen LogP contribution in [0.5, 0.6) is 0 Å². The Bertz CT molecular complexity index is 299. The van der Waals surface area contributed by atoms with Gasteiger partial charge in [-0.2, -0.15) is 0 Å². The molecule has 13 heavy (non-hydrogen) atoms. The standard InChI is InChI=1S/C10H13NO2/c1-3-13-10(12)7-8(2)9-5-4-6-11-9/h4-7,11H,3H2,1-2H3/b8-7+. The summed E-state index contributed by atoms with van der Waals surface area (Å²) in [5.74, 6) is -0.297. The van der Waals surface area contributed by atoms with E-state index in [4.69, 9.17) is 4.74 Å². The van der Waals surface area contributed by atoms with Gasteiger partial charge in [-0.1, -0.05) is 0 Å². The normalized spacial score (nSPS) is 11.4. The van der Waals surface area contributed by atoms with Gasteiger partial charge in [-0.25, -0.2) is 4.79 Å². The molecular formula is C10H13NO2. The van der Waals surface area contributed by atoms with Gasteiger partial charge in [0.1, 0.15) is 0 Å². The Morgan fingerprint density at radius 3 is 3.00 bits per heavy atom. The lowest BCUT2D eigenvalue weighted by molar-refractivity contribution is -0.137. The molecule has 0 atom stereocenters. The molecule has 0 amide bonds. The van der Waals surface area contributed by atoms with Crippen molar-refractivity contribution in [1.29, 1.82) is 0 Å². The molecule has 0 bridgehead atoms. The van der Waals surface area contributed by atoms with Gasteiger partial charge < -0.3 is 9.72 Å². The van der Waals surface area contributed by atoms with Crippen molar-refractivity contribution in [3.8, 4) is 0 Å². The summed E-state index contributed by atoms with van der Waals surface area (Å²) in [4.78, 5) is 14.0. The van der Waals surface area contributed by atoms with E-state index in [2.05, 4.69) is 4.98 Å². The molecule has 3 nitrogen and oxygen atoms in total. The van der Waals surface area contributed by atoms with Crippen LogP contribution in [0, 0.1) is 0 Å². The van der Waals surface area contributed by atoms with Crippen LogP contribution in [0.3, 0.4) is 0 Å². The summed E-state index contributed by atoms with van der Waals surface area (Å²) in [6, 6.07) is 3.79. The molecule has 0 aliphatic carbocycles. The number of aromatic nitrogens is 1. The molecule has 3 heteroatoms. The first kappa shape index (κ1) is 9.58. The topological polar surface area (TPSA) is 42.1 Å². The lowest BCUT2D eigenvalue weighted by Crippen LogP contribution is -2.00. The lowest BCUT2D eigenvalue weighted by Gasteiger charge is -1.98. The van der Waals surface area contributed by atoms with Crippen molar-refractivity contribution in [2.24, 2.45) is 0 Å². The third-order valence-corrected chi connectivity index (χ3v) is 1.64. The molecule has 0 radical (unpaired) electrons. The molecule has 1 rings (SSSR count). The smallest absolute Gasteiger partial charge is 0.331 e. The molecule has 0 unspecified atom stereocenters. The number of nitrogens with one attached hydrogen (secondary N) is 1. The number of hydrogen-bond donors (Lipinski definition) is 1. The maximum Gasteiger partial charge on any atom is 0.331 e. The molecule has 0 fully saturated rings. The molecule has 1 N–H and O–H groups in total. The van der Waals surface area contributed by atoms with Crippen molar-refractivity contribution in [3.05, 3.63) is 30.1 Å². The first-order valence-corrected chi connectivity index (χ1v) is 4.23. The van der Waals surface area contributed by atoms with Crippen LogP contribution < -0.4 is 0 Å². The highest BCUT2D eigenvalue weighted by atomic mass is 16.5. The highest BCUT2D eigenvalue weighted by Gasteiger charge is 2.00. The van der Waals surface area contributed by atoms with Crippen LogP contribution in [-0.4, -0.2) is 17.6 Å². The molecule has 0 saturated heterocycles. The quantitative estimate of drug-likeness (QED) is 0.569. The zero-order valence-corrected chi connectivity index (χ0v) is 7.83. The summed E-state index contributed by atoms with van der Waals surface area (Å²) in [7, 11) is 0. The van der Waals surface area contributed by atoms with Gasteiger partial charge in [-0.3, -0.25) is 0 Å². The molecule has 1 aromatic heterocycles. The van der Waals surface area contributed by atoms with E-state index in [1.807, 2.05) is 25.3 Å².